The monoisotopic (exact) mass is 634 g/mol. The third-order valence-electron chi connectivity index (χ3n) is 7.35. The maximum absolute atomic E-state index is 13.8. The number of rotatable bonds is 7. The molecule has 0 spiro atoms. The summed E-state index contributed by atoms with van der Waals surface area (Å²) >= 11 is 2.32. The molecule has 6 rings (SSSR count). The van der Waals surface area contributed by atoms with E-state index in [0.717, 1.165) is 69.5 Å². The largest absolute Gasteiger partial charge is 0.387 e. The number of H-pyrrole nitrogens is 2. The lowest BCUT2D eigenvalue weighted by atomic mass is 10.1. The number of para-hydroxylation sites is 1. The van der Waals surface area contributed by atoms with E-state index in [4.69, 9.17) is 4.98 Å². The molecule has 200 valence electrons. The second kappa shape index (κ2) is 11.0. The Morgan fingerprint density at radius 2 is 1.87 bits per heavy atom. The van der Waals surface area contributed by atoms with E-state index in [1.807, 2.05) is 48.5 Å². The SMILES string of the molecule is Cc1cc(N2CCNCC2)cc2[nH]c(-c3c(NC[C@@H](O)c4cccc(CI)c4)[nH]c4ccccc4c3=O)nc12. The van der Waals surface area contributed by atoms with E-state index in [9.17, 15) is 9.90 Å². The van der Waals surface area contributed by atoms with Crippen LogP contribution in [0.25, 0.3) is 33.3 Å². The average molecular weight is 635 g/mol. The van der Waals surface area contributed by atoms with Gasteiger partial charge in [-0.15, -0.1) is 0 Å². The van der Waals surface area contributed by atoms with Crippen molar-refractivity contribution in [2.75, 3.05) is 42.9 Å². The summed E-state index contributed by atoms with van der Waals surface area (Å²) < 4.78 is 0.871. The van der Waals surface area contributed by atoms with Gasteiger partial charge in [0.05, 0.1) is 22.7 Å². The first-order valence-electron chi connectivity index (χ1n) is 13.2. The van der Waals surface area contributed by atoms with Gasteiger partial charge < -0.3 is 30.6 Å². The van der Waals surface area contributed by atoms with Crippen molar-refractivity contribution in [2.24, 2.45) is 0 Å². The Hall–Kier alpha value is -3.41. The third-order valence-corrected chi connectivity index (χ3v) is 8.23. The Balaban J connectivity index is 1.40. The van der Waals surface area contributed by atoms with Crippen LogP contribution in [-0.4, -0.2) is 52.8 Å². The first-order valence-corrected chi connectivity index (χ1v) is 14.7. The molecule has 8 nitrogen and oxygen atoms in total. The number of fused-ring (bicyclic) bond motifs is 2. The number of nitrogens with one attached hydrogen (secondary N) is 4. The van der Waals surface area contributed by atoms with Gasteiger partial charge in [-0.05, 0) is 47.9 Å². The van der Waals surface area contributed by atoms with Gasteiger partial charge >= 0.3 is 0 Å². The highest BCUT2D eigenvalue weighted by Gasteiger charge is 2.20. The number of nitrogens with zero attached hydrogens (tertiary/aromatic N) is 2. The summed E-state index contributed by atoms with van der Waals surface area (Å²) in [6.07, 6.45) is -0.741. The predicted molar refractivity (Wildman–Crippen MR) is 167 cm³/mol. The van der Waals surface area contributed by atoms with Crippen LogP contribution >= 0.6 is 22.6 Å². The lowest BCUT2D eigenvalue weighted by molar-refractivity contribution is 0.191. The Kier molecular flexibility index (Phi) is 7.28. The molecule has 9 heteroatoms. The van der Waals surface area contributed by atoms with E-state index in [1.54, 1.807) is 0 Å². The summed E-state index contributed by atoms with van der Waals surface area (Å²) in [5.41, 5.74) is 6.98. The zero-order valence-corrected chi connectivity index (χ0v) is 23.9. The van der Waals surface area contributed by atoms with Crippen LogP contribution < -0.4 is 21.0 Å². The van der Waals surface area contributed by atoms with Gasteiger partial charge in [0.15, 0.2) is 0 Å². The first kappa shape index (κ1) is 25.8. The highest BCUT2D eigenvalue weighted by atomic mass is 127. The molecule has 5 aromatic rings. The Bertz CT molecular complexity index is 1710. The molecule has 3 aromatic carbocycles. The van der Waals surface area contributed by atoms with Crippen molar-refractivity contribution in [2.45, 2.75) is 17.5 Å². The molecule has 0 bridgehead atoms. The summed E-state index contributed by atoms with van der Waals surface area (Å²) in [5, 5.41) is 18.3. The number of hydrogen-bond donors (Lipinski definition) is 5. The number of halogens is 1. The van der Waals surface area contributed by atoms with Crippen LogP contribution in [0.4, 0.5) is 11.5 Å². The number of benzene rings is 3. The highest BCUT2D eigenvalue weighted by Crippen LogP contribution is 2.30. The number of hydrogen-bond acceptors (Lipinski definition) is 6. The number of aliphatic hydroxyl groups excluding tert-OH is 1. The van der Waals surface area contributed by atoms with E-state index < -0.39 is 6.10 Å². The van der Waals surface area contributed by atoms with Crippen molar-refractivity contribution >= 4 is 56.0 Å². The number of aliphatic hydroxyl groups is 1. The van der Waals surface area contributed by atoms with Gasteiger partial charge in [-0.25, -0.2) is 4.98 Å². The lowest BCUT2D eigenvalue weighted by Crippen LogP contribution is -2.43. The standard InChI is InChI=1S/C30H31IN6O2/c1-18-13-21(37-11-9-32-10-12-37)15-24-27(18)36-30(35-24)26-28(39)22-7-2-3-8-23(22)34-29(26)33-17-25(38)20-6-4-5-19(14-20)16-31/h2-8,13-15,25,32,38H,9-12,16-17H2,1H3,(H,35,36)(H2,33,34,39)/t25-/m1/s1. The fourth-order valence-electron chi connectivity index (χ4n) is 5.29. The molecule has 1 aliphatic rings. The normalized spacial score (nSPS) is 14.7. The maximum Gasteiger partial charge on any atom is 0.202 e. The minimum absolute atomic E-state index is 0.118. The van der Waals surface area contributed by atoms with Crippen molar-refractivity contribution in [1.29, 1.82) is 0 Å². The molecule has 0 saturated carbocycles. The zero-order chi connectivity index (χ0) is 26.9. The molecule has 1 atom stereocenters. The highest BCUT2D eigenvalue weighted by molar-refractivity contribution is 14.1. The number of aromatic nitrogens is 3. The Morgan fingerprint density at radius 1 is 1.05 bits per heavy atom. The number of alkyl halides is 1. The molecule has 2 aromatic heterocycles. The second-order valence-electron chi connectivity index (χ2n) is 10.0. The van der Waals surface area contributed by atoms with E-state index in [1.165, 1.54) is 0 Å². The van der Waals surface area contributed by atoms with E-state index in [2.05, 4.69) is 67.1 Å². The summed E-state index contributed by atoms with van der Waals surface area (Å²) in [6, 6.07) is 19.7. The lowest BCUT2D eigenvalue weighted by Gasteiger charge is -2.29. The molecule has 1 saturated heterocycles. The van der Waals surface area contributed by atoms with Crippen LogP contribution in [0.2, 0.25) is 0 Å². The van der Waals surface area contributed by atoms with E-state index >= 15 is 0 Å². The van der Waals surface area contributed by atoms with Crippen molar-refractivity contribution in [3.63, 3.8) is 0 Å². The van der Waals surface area contributed by atoms with Crippen molar-refractivity contribution in [3.8, 4) is 11.4 Å². The summed E-state index contributed by atoms with van der Waals surface area (Å²) in [5.74, 6) is 1.03. The van der Waals surface area contributed by atoms with Crippen LogP contribution in [-0.2, 0) is 4.43 Å². The summed E-state index contributed by atoms with van der Waals surface area (Å²) in [6.45, 7) is 6.12. The number of anilines is 2. The van der Waals surface area contributed by atoms with Gasteiger partial charge in [0.25, 0.3) is 0 Å². The minimum Gasteiger partial charge on any atom is -0.387 e. The molecule has 0 unspecified atom stereocenters. The number of aromatic amines is 2. The average Bonchev–Trinajstić information content (AvgIpc) is 3.41. The van der Waals surface area contributed by atoms with Gasteiger partial charge in [-0.2, -0.15) is 0 Å². The number of imidazole rings is 1. The van der Waals surface area contributed by atoms with Crippen LogP contribution in [0.5, 0.6) is 0 Å². The quantitative estimate of drug-likeness (QED) is 0.129. The maximum atomic E-state index is 13.8. The smallest absolute Gasteiger partial charge is 0.202 e. The van der Waals surface area contributed by atoms with Crippen LogP contribution in [0.1, 0.15) is 22.8 Å². The Morgan fingerprint density at radius 3 is 2.69 bits per heavy atom. The molecule has 1 aliphatic heterocycles. The zero-order valence-electron chi connectivity index (χ0n) is 21.7. The van der Waals surface area contributed by atoms with Crippen LogP contribution in [0.15, 0.2) is 65.5 Å². The van der Waals surface area contributed by atoms with E-state index in [0.29, 0.717) is 22.6 Å². The molecule has 0 aliphatic carbocycles. The number of piperazine rings is 1. The fourth-order valence-corrected chi connectivity index (χ4v) is 5.76. The van der Waals surface area contributed by atoms with Crippen molar-refractivity contribution in [3.05, 3.63) is 87.6 Å². The van der Waals surface area contributed by atoms with Gasteiger partial charge in [0.1, 0.15) is 17.2 Å². The topological polar surface area (TPSA) is 109 Å². The van der Waals surface area contributed by atoms with Crippen LogP contribution in [0, 0.1) is 6.92 Å². The molecule has 39 heavy (non-hydrogen) atoms. The number of pyridine rings is 1. The van der Waals surface area contributed by atoms with Gasteiger partial charge in [0, 0.05) is 48.2 Å². The van der Waals surface area contributed by atoms with Crippen molar-refractivity contribution < 1.29 is 5.11 Å². The van der Waals surface area contributed by atoms with Gasteiger partial charge in [-0.1, -0.05) is 59.0 Å². The third kappa shape index (κ3) is 5.13. The fraction of sp³-hybridized carbons (Fsp3) is 0.267. The molecule has 0 radical (unpaired) electrons. The molecular weight excluding hydrogens is 603 g/mol. The number of aryl methyl sites for hydroxylation is 1. The molecule has 1 fully saturated rings. The molecule has 3 heterocycles. The van der Waals surface area contributed by atoms with E-state index in [-0.39, 0.29) is 12.0 Å². The molecular formula is C30H31IN6O2. The first-order chi connectivity index (χ1) is 19.0. The minimum atomic E-state index is -0.741. The van der Waals surface area contributed by atoms with Gasteiger partial charge in [-0.3, -0.25) is 4.79 Å². The van der Waals surface area contributed by atoms with Gasteiger partial charge in [0.2, 0.25) is 5.43 Å². The predicted octanol–water partition coefficient (Wildman–Crippen LogP) is 4.87. The Labute approximate surface area is 240 Å². The second-order valence-corrected chi connectivity index (χ2v) is 10.8. The van der Waals surface area contributed by atoms with Crippen LogP contribution in [0.3, 0.4) is 0 Å². The molecule has 5 N–H and O–H groups in total. The molecule has 0 amide bonds. The van der Waals surface area contributed by atoms with Crippen molar-refractivity contribution in [1.82, 2.24) is 20.3 Å². The summed E-state index contributed by atoms with van der Waals surface area (Å²) in [4.78, 5) is 27.9. The summed E-state index contributed by atoms with van der Waals surface area (Å²) in [7, 11) is 0.